The van der Waals surface area contributed by atoms with E-state index in [2.05, 4.69) is 24.0 Å². The highest BCUT2D eigenvalue weighted by atomic mass is 19.4. The summed E-state index contributed by atoms with van der Waals surface area (Å²) in [5.74, 6) is -0.567. The number of hydrogen-bond donors (Lipinski definition) is 0. The molecule has 0 aliphatic heterocycles. The third-order valence-electron chi connectivity index (χ3n) is 7.66. The summed E-state index contributed by atoms with van der Waals surface area (Å²) in [6, 6.07) is 11.0. The number of halogens is 3. The zero-order valence-corrected chi connectivity index (χ0v) is 25.5. The number of rotatable bonds is 15. The summed E-state index contributed by atoms with van der Waals surface area (Å²) in [6.07, 6.45) is 4.84. The minimum absolute atomic E-state index is 0.0196. The number of alkyl halides is 3. The Bertz CT molecular complexity index is 1290. The predicted octanol–water partition coefficient (Wildman–Crippen LogP) is 8.65. The van der Waals surface area contributed by atoms with E-state index in [1.165, 1.54) is 49.1 Å². The summed E-state index contributed by atoms with van der Waals surface area (Å²) < 4.78 is 49.7. The van der Waals surface area contributed by atoms with Gasteiger partial charge in [-0.15, -0.1) is 0 Å². The first-order valence-electron chi connectivity index (χ1n) is 15.2. The van der Waals surface area contributed by atoms with Crippen molar-refractivity contribution >= 4 is 11.9 Å². The zero-order valence-electron chi connectivity index (χ0n) is 25.5. The lowest BCUT2D eigenvalue weighted by molar-refractivity contribution is -0.161. The minimum Gasteiger partial charge on any atom is -0.459 e. The fourth-order valence-electron chi connectivity index (χ4n) is 4.98. The Kier molecular flexibility index (Phi) is 12.8. The first-order valence-corrected chi connectivity index (χ1v) is 15.2. The van der Waals surface area contributed by atoms with E-state index in [0.717, 1.165) is 37.0 Å². The van der Waals surface area contributed by atoms with Gasteiger partial charge in [0.2, 0.25) is 0 Å². The molecule has 0 radical (unpaired) electrons. The Morgan fingerprint density at radius 2 is 1.58 bits per heavy atom. The number of unbranched alkanes of at least 4 members (excludes halogenated alkanes) is 5. The lowest BCUT2D eigenvalue weighted by Crippen LogP contribution is -2.39. The molecule has 1 unspecified atom stereocenters. The molecule has 0 saturated heterocycles. The van der Waals surface area contributed by atoms with Crippen LogP contribution in [-0.4, -0.2) is 33.5 Å². The molecule has 0 N–H and O–H groups in total. The Balaban J connectivity index is 1.72. The molecule has 1 heterocycles. The quantitative estimate of drug-likeness (QED) is 0.0985. The van der Waals surface area contributed by atoms with Crippen LogP contribution in [-0.2, 0) is 27.0 Å². The van der Waals surface area contributed by atoms with Crippen molar-refractivity contribution in [1.29, 1.82) is 0 Å². The molecular formula is C33H42F3N3O4. The molecule has 3 aromatic rings. The fraction of sp³-hybridized carbons (Fsp3) is 0.515. The molecule has 0 fully saturated rings. The van der Waals surface area contributed by atoms with Crippen LogP contribution >= 0.6 is 0 Å². The van der Waals surface area contributed by atoms with E-state index < -0.39 is 29.7 Å². The van der Waals surface area contributed by atoms with Gasteiger partial charge in [-0.2, -0.15) is 18.2 Å². The molecule has 2 atom stereocenters. The van der Waals surface area contributed by atoms with Gasteiger partial charge < -0.3 is 14.2 Å². The highest BCUT2D eigenvalue weighted by Crippen LogP contribution is 2.32. The van der Waals surface area contributed by atoms with Crippen LogP contribution < -0.4 is 0 Å². The molecule has 0 bridgehead atoms. The molecule has 0 saturated carbocycles. The van der Waals surface area contributed by atoms with E-state index in [4.69, 9.17) is 9.26 Å². The summed E-state index contributed by atoms with van der Waals surface area (Å²) >= 11 is 0. The minimum atomic E-state index is -4.48. The molecular weight excluding hydrogens is 559 g/mol. The van der Waals surface area contributed by atoms with Gasteiger partial charge in [0.05, 0.1) is 18.2 Å². The zero-order chi connectivity index (χ0) is 31.4. The molecule has 0 spiro atoms. The maximum Gasteiger partial charge on any atom is 0.416 e. The van der Waals surface area contributed by atoms with Gasteiger partial charge in [0.1, 0.15) is 0 Å². The van der Waals surface area contributed by atoms with Crippen LogP contribution in [0.5, 0.6) is 0 Å². The maximum absolute atomic E-state index is 13.1. The smallest absolute Gasteiger partial charge is 0.416 e. The number of benzene rings is 2. The van der Waals surface area contributed by atoms with Crippen LogP contribution in [0.25, 0.3) is 11.5 Å². The van der Waals surface area contributed by atoms with Crippen molar-refractivity contribution in [1.82, 2.24) is 15.0 Å². The predicted molar refractivity (Wildman–Crippen MR) is 158 cm³/mol. The summed E-state index contributed by atoms with van der Waals surface area (Å²) in [6.45, 7) is 7.64. The van der Waals surface area contributed by atoms with Gasteiger partial charge in [-0.1, -0.05) is 81.8 Å². The first kappa shape index (κ1) is 33.8. The Morgan fingerprint density at radius 3 is 2.19 bits per heavy atom. The monoisotopic (exact) mass is 601 g/mol. The van der Waals surface area contributed by atoms with Crippen LogP contribution in [0.2, 0.25) is 0 Å². The van der Waals surface area contributed by atoms with Crippen molar-refractivity contribution in [3.8, 4) is 11.5 Å². The summed E-state index contributed by atoms with van der Waals surface area (Å²) in [5.41, 5.74) is 1.08. The van der Waals surface area contributed by atoms with E-state index in [9.17, 15) is 22.8 Å². The van der Waals surface area contributed by atoms with Gasteiger partial charge in [0, 0.05) is 18.0 Å². The molecule has 0 aliphatic rings. The van der Waals surface area contributed by atoms with E-state index in [1.807, 2.05) is 0 Å². The number of ether oxygens (including phenoxy) is 1. The number of carbonyl (C=O) groups excluding carboxylic acids is 2. The average molecular weight is 602 g/mol. The first-order chi connectivity index (χ1) is 20.6. The number of hydrogen-bond acceptors (Lipinski definition) is 6. The fourth-order valence-corrected chi connectivity index (χ4v) is 4.98. The van der Waals surface area contributed by atoms with Gasteiger partial charge in [-0.05, 0) is 62.1 Å². The average Bonchev–Trinajstić information content (AvgIpc) is 3.49. The lowest BCUT2D eigenvalue weighted by atomic mass is 9.97. The highest BCUT2D eigenvalue weighted by molar-refractivity contribution is 6.32. The van der Waals surface area contributed by atoms with Crippen molar-refractivity contribution < 1.29 is 32.0 Å². The van der Waals surface area contributed by atoms with Gasteiger partial charge in [-0.25, -0.2) is 4.79 Å². The Morgan fingerprint density at radius 1 is 0.930 bits per heavy atom. The largest absolute Gasteiger partial charge is 0.459 e. The van der Waals surface area contributed by atoms with E-state index >= 15 is 0 Å². The van der Waals surface area contributed by atoms with Crippen LogP contribution in [0.3, 0.4) is 0 Å². The highest BCUT2D eigenvalue weighted by Gasteiger charge is 2.32. The lowest BCUT2D eigenvalue weighted by Gasteiger charge is -2.29. The van der Waals surface area contributed by atoms with Crippen molar-refractivity contribution in [2.24, 2.45) is 0 Å². The van der Waals surface area contributed by atoms with Gasteiger partial charge in [0.25, 0.3) is 5.89 Å². The van der Waals surface area contributed by atoms with Crippen LogP contribution in [0.15, 0.2) is 53.1 Å². The number of amides is 1. The van der Waals surface area contributed by atoms with Gasteiger partial charge >= 0.3 is 18.1 Å². The van der Waals surface area contributed by atoms with Crippen LogP contribution in [0.1, 0.15) is 114 Å². The van der Waals surface area contributed by atoms with Crippen molar-refractivity contribution in [2.75, 3.05) is 6.61 Å². The molecule has 2 aromatic carbocycles. The molecule has 7 nitrogen and oxygen atoms in total. The Hall–Kier alpha value is -3.69. The second-order valence-corrected chi connectivity index (χ2v) is 10.8. The summed E-state index contributed by atoms with van der Waals surface area (Å²) in [4.78, 5) is 31.3. The molecule has 43 heavy (non-hydrogen) atoms. The van der Waals surface area contributed by atoms with Crippen molar-refractivity contribution in [2.45, 2.75) is 104 Å². The molecule has 1 amide bonds. The standard InChI is InChI=1S/C33H42F3N3O4/c1-5-8-9-10-11-12-13-25(6-2)29-37-30(43-38-29)27-16-14-24(15-17-27)22-39(31(40)32(41)42-7-3)23(4)26-18-20-28(21-19-26)33(34,35)36/h14-21,23,25H,5-13,22H2,1-4H3/t23-,25?/m1/s1. The summed E-state index contributed by atoms with van der Waals surface area (Å²) in [5, 5.41) is 4.24. The topological polar surface area (TPSA) is 85.5 Å². The van der Waals surface area contributed by atoms with Crippen molar-refractivity contribution in [3.63, 3.8) is 0 Å². The van der Waals surface area contributed by atoms with E-state index in [0.29, 0.717) is 22.8 Å². The molecule has 234 valence electrons. The van der Waals surface area contributed by atoms with Crippen LogP contribution in [0, 0.1) is 0 Å². The molecule has 1 aromatic heterocycles. The number of carbonyl (C=O) groups is 2. The summed E-state index contributed by atoms with van der Waals surface area (Å²) in [7, 11) is 0. The van der Waals surface area contributed by atoms with Gasteiger partial charge in [0.15, 0.2) is 5.82 Å². The maximum atomic E-state index is 13.1. The Labute approximate surface area is 251 Å². The van der Waals surface area contributed by atoms with Crippen molar-refractivity contribution in [3.05, 3.63) is 71.0 Å². The molecule has 0 aliphatic carbocycles. The number of nitrogens with zero attached hydrogens (tertiary/aromatic N) is 3. The SMILES string of the molecule is CCCCCCCCC(CC)c1noc(-c2ccc(CN(C(=O)C(=O)OCC)[C@H](C)c3ccc(C(F)(F)F)cc3)cc2)n1. The number of esters is 1. The van der Waals surface area contributed by atoms with Crippen LogP contribution in [0.4, 0.5) is 13.2 Å². The van der Waals surface area contributed by atoms with E-state index in [-0.39, 0.29) is 19.1 Å². The second-order valence-electron chi connectivity index (χ2n) is 10.8. The third kappa shape index (κ3) is 9.66. The van der Waals surface area contributed by atoms with Gasteiger partial charge in [-0.3, -0.25) is 4.79 Å². The number of aromatic nitrogens is 2. The second kappa shape index (κ2) is 16.2. The normalized spacial score (nSPS) is 13.0. The third-order valence-corrected chi connectivity index (χ3v) is 7.66. The van der Waals surface area contributed by atoms with E-state index in [1.54, 1.807) is 38.1 Å². The molecule has 10 heteroatoms. The molecule has 3 rings (SSSR count).